The Bertz CT molecular complexity index is 245. The SMILES string of the molecule is C1=NCC[N+]1=C1N=CN=N1. The highest BCUT2D eigenvalue weighted by atomic mass is 15.3. The zero-order chi connectivity index (χ0) is 6.81. The molecule has 2 rings (SSSR count). The summed E-state index contributed by atoms with van der Waals surface area (Å²) >= 11 is 0. The normalized spacial score (nSPS) is 28.8. The van der Waals surface area contributed by atoms with E-state index < -0.39 is 0 Å². The Labute approximate surface area is 57.5 Å². The molecule has 0 unspecified atom stereocenters. The van der Waals surface area contributed by atoms with Crippen molar-refractivity contribution in [3.05, 3.63) is 0 Å². The summed E-state index contributed by atoms with van der Waals surface area (Å²) in [5.41, 5.74) is 0. The minimum Gasteiger partial charge on any atom is -0.222 e. The summed E-state index contributed by atoms with van der Waals surface area (Å²) in [6.45, 7) is 1.69. The minimum absolute atomic E-state index is 0.640. The maximum absolute atomic E-state index is 4.01. The van der Waals surface area contributed by atoms with Crippen LogP contribution in [0.2, 0.25) is 0 Å². The zero-order valence-corrected chi connectivity index (χ0v) is 5.30. The van der Waals surface area contributed by atoms with Gasteiger partial charge in [-0.2, -0.15) is 4.99 Å². The molecule has 0 fully saturated rings. The summed E-state index contributed by atoms with van der Waals surface area (Å²) in [4.78, 5) is 7.92. The summed E-state index contributed by atoms with van der Waals surface area (Å²) in [6.07, 6.45) is 3.17. The second kappa shape index (κ2) is 2.09. The molecule has 0 aromatic carbocycles. The van der Waals surface area contributed by atoms with E-state index in [4.69, 9.17) is 0 Å². The Kier molecular flexibility index (Phi) is 1.13. The highest BCUT2D eigenvalue weighted by Gasteiger charge is 2.15. The Hall–Kier alpha value is -1.39. The van der Waals surface area contributed by atoms with Crippen LogP contribution in [0, 0.1) is 0 Å². The van der Waals surface area contributed by atoms with Gasteiger partial charge in [-0.25, -0.2) is 4.58 Å². The standard InChI is InChI=1S/C5H6N5/c1-2-10(4-6-1)5-7-3-8-9-5/h3-4H,1-2H2/q+1. The molecule has 5 nitrogen and oxygen atoms in total. The van der Waals surface area contributed by atoms with Crippen molar-refractivity contribution in [2.75, 3.05) is 13.1 Å². The zero-order valence-electron chi connectivity index (χ0n) is 5.30. The molecule has 0 spiro atoms. The molecule has 50 valence electrons. The molecule has 0 radical (unpaired) electrons. The average Bonchev–Trinajstić information content (AvgIpc) is 2.59. The first-order valence-corrected chi connectivity index (χ1v) is 3.04. The summed E-state index contributed by atoms with van der Waals surface area (Å²) in [6, 6.07) is 0. The van der Waals surface area contributed by atoms with E-state index in [9.17, 15) is 0 Å². The number of rotatable bonds is 0. The van der Waals surface area contributed by atoms with Gasteiger partial charge in [0.1, 0.15) is 6.54 Å². The van der Waals surface area contributed by atoms with Gasteiger partial charge >= 0.3 is 5.96 Å². The van der Waals surface area contributed by atoms with Crippen LogP contribution < -0.4 is 0 Å². The van der Waals surface area contributed by atoms with Gasteiger partial charge in [0.2, 0.25) is 6.34 Å². The molecule has 0 aliphatic carbocycles. The third kappa shape index (κ3) is 0.754. The Morgan fingerprint density at radius 1 is 1.50 bits per heavy atom. The number of hydrogen-bond acceptors (Lipinski definition) is 2. The molecule has 5 heteroatoms. The van der Waals surface area contributed by atoms with E-state index in [0.717, 1.165) is 13.1 Å². The molecule has 0 aromatic rings. The molecule has 0 N–H and O–H groups in total. The van der Waals surface area contributed by atoms with Crippen LogP contribution in [0.3, 0.4) is 0 Å². The van der Waals surface area contributed by atoms with Crippen LogP contribution in [0.5, 0.6) is 0 Å². The number of azo groups is 1. The predicted molar refractivity (Wildman–Crippen MR) is 36.8 cm³/mol. The van der Waals surface area contributed by atoms with Gasteiger partial charge in [-0.05, 0) is 0 Å². The molecule has 0 saturated heterocycles. The van der Waals surface area contributed by atoms with Crippen molar-refractivity contribution in [1.29, 1.82) is 0 Å². The van der Waals surface area contributed by atoms with Crippen LogP contribution in [0.25, 0.3) is 0 Å². The molecule has 2 heterocycles. The lowest BCUT2D eigenvalue weighted by molar-refractivity contribution is -0.387. The molecule has 0 aromatic heterocycles. The number of hydrogen-bond donors (Lipinski definition) is 0. The van der Waals surface area contributed by atoms with Gasteiger partial charge in [-0.15, -0.1) is 0 Å². The van der Waals surface area contributed by atoms with Gasteiger partial charge in [0, 0.05) is 5.11 Å². The van der Waals surface area contributed by atoms with Crippen molar-refractivity contribution in [3.63, 3.8) is 0 Å². The number of aliphatic imine (C=N–C) groups is 2. The second-order valence-electron chi connectivity index (χ2n) is 1.98. The maximum atomic E-state index is 4.01. The van der Waals surface area contributed by atoms with Crippen LogP contribution in [0.15, 0.2) is 20.2 Å². The van der Waals surface area contributed by atoms with E-state index in [2.05, 4.69) is 20.2 Å². The van der Waals surface area contributed by atoms with Crippen LogP contribution in [0.4, 0.5) is 0 Å². The van der Waals surface area contributed by atoms with Crippen LogP contribution in [0.1, 0.15) is 0 Å². The van der Waals surface area contributed by atoms with Crippen molar-refractivity contribution in [3.8, 4) is 0 Å². The number of guanidine groups is 1. The molecule has 10 heavy (non-hydrogen) atoms. The first-order chi connectivity index (χ1) is 4.97. The van der Waals surface area contributed by atoms with Gasteiger partial charge in [0.05, 0.1) is 6.54 Å². The topological polar surface area (TPSA) is 52.4 Å². The Morgan fingerprint density at radius 2 is 2.50 bits per heavy atom. The van der Waals surface area contributed by atoms with Gasteiger partial charge in [0.15, 0.2) is 6.34 Å². The van der Waals surface area contributed by atoms with Crippen LogP contribution >= 0.6 is 0 Å². The second-order valence-corrected chi connectivity index (χ2v) is 1.98. The summed E-state index contributed by atoms with van der Waals surface area (Å²) in [5.74, 6) is 0.640. The van der Waals surface area contributed by atoms with Gasteiger partial charge < -0.3 is 0 Å². The van der Waals surface area contributed by atoms with Gasteiger partial charge in [-0.3, -0.25) is 0 Å². The van der Waals surface area contributed by atoms with Crippen molar-refractivity contribution < 1.29 is 4.58 Å². The highest BCUT2D eigenvalue weighted by molar-refractivity contribution is 5.89. The number of nitrogens with zero attached hydrogens (tertiary/aromatic N) is 5. The first kappa shape index (κ1) is 5.40. The smallest absolute Gasteiger partial charge is 0.222 e. The van der Waals surface area contributed by atoms with Crippen molar-refractivity contribution in [2.24, 2.45) is 20.2 Å². The maximum Gasteiger partial charge on any atom is 0.407 e. The highest BCUT2D eigenvalue weighted by Crippen LogP contribution is 1.94. The molecular formula is C5H6N5+. The fourth-order valence-electron chi connectivity index (χ4n) is 0.843. The lowest BCUT2D eigenvalue weighted by atomic mass is 10.7. The summed E-state index contributed by atoms with van der Waals surface area (Å²) in [7, 11) is 0. The van der Waals surface area contributed by atoms with E-state index in [1.54, 1.807) is 6.34 Å². The average molecular weight is 136 g/mol. The fraction of sp³-hybridized carbons (Fsp3) is 0.400. The minimum atomic E-state index is 0.640. The summed E-state index contributed by atoms with van der Waals surface area (Å²) in [5, 5.41) is 7.37. The lowest BCUT2D eigenvalue weighted by Gasteiger charge is -1.86. The quantitative estimate of drug-likeness (QED) is 0.417. The fourth-order valence-corrected chi connectivity index (χ4v) is 0.843. The molecule has 0 bridgehead atoms. The van der Waals surface area contributed by atoms with E-state index in [1.807, 2.05) is 4.58 Å². The molecule has 0 atom stereocenters. The summed E-state index contributed by atoms with van der Waals surface area (Å²) < 4.78 is 1.87. The largest absolute Gasteiger partial charge is 0.407 e. The Balaban J connectivity index is 2.36. The van der Waals surface area contributed by atoms with Crippen LogP contribution in [-0.4, -0.2) is 36.3 Å². The van der Waals surface area contributed by atoms with Crippen molar-refractivity contribution in [1.82, 2.24) is 0 Å². The molecular weight excluding hydrogens is 130 g/mol. The van der Waals surface area contributed by atoms with Crippen molar-refractivity contribution in [2.45, 2.75) is 0 Å². The van der Waals surface area contributed by atoms with Crippen molar-refractivity contribution >= 4 is 18.6 Å². The molecule has 0 saturated carbocycles. The first-order valence-electron chi connectivity index (χ1n) is 3.04. The monoisotopic (exact) mass is 136 g/mol. The third-order valence-corrected chi connectivity index (χ3v) is 1.32. The van der Waals surface area contributed by atoms with Crippen LogP contribution in [-0.2, 0) is 0 Å². The van der Waals surface area contributed by atoms with Gasteiger partial charge in [0.25, 0.3) is 0 Å². The van der Waals surface area contributed by atoms with E-state index in [1.165, 1.54) is 6.34 Å². The molecule has 0 amide bonds. The van der Waals surface area contributed by atoms with E-state index in [0.29, 0.717) is 5.96 Å². The lowest BCUT2D eigenvalue weighted by Crippen LogP contribution is -2.13. The molecule has 2 aliphatic heterocycles. The Morgan fingerprint density at radius 3 is 3.10 bits per heavy atom. The van der Waals surface area contributed by atoms with E-state index >= 15 is 0 Å². The predicted octanol–water partition coefficient (Wildman–Crippen LogP) is -0.109. The molecule has 2 aliphatic rings. The third-order valence-electron chi connectivity index (χ3n) is 1.32. The van der Waals surface area contributed by atoms with Gasteiger partial charge in [-0.1, -0.05) is 10.1 Å². The van der Waals surface area contributed by atoms with E-state index in [-0.39, 0.29) is 0 Å².